The quantitative estimate of drug-likeness (QED) is 0.756. The fourth-order valence-electron chi connectivity index (χ4n) is 2.74. The zero-order valence-corrected chi connectivity index (χ0v) is 12.7. The predicted molar refractivity (Wildman–Crippen MR) is 77.9 cm³/mol. The minimum absolute atomic E-state index is 0.431. The van der Waals surface area contributed by atoms with Gasteiger partial charge in [-0.05, 0) is 44.8 Å². The van der Waals surface area contributed by atoms with E-state index in [0.717, 1.165) is 6.54 Å². The van der Waals surface area contributed by atoms with E-state index in [2.05, 4.69) is 25.4 Å². The van der Waals surface area contributed by atoms with Crippen LogP contribution in [-0.2, 0) is 4.74 Å². The average Bonchev–Trinajstić information content (AvgIpc) is 2.41. The molecule has 102 valence electrons. The number of ether oxygens (including phenoxy) is 1. The SMILES string of the molecule is CCC(CC)(CNC1CCCC(OC)C1)SC. The van der Waals surface area contributed by atoms with E-state index in [1.165, 1.54) is 38.5 Å². The van der Waals surface area contributed by atoms with E-state index in [1.807, 2.05) is 18.9 Å². The highest BCUT2D eigenvalue weighted by Crippen LogP contribution is 2.30. The molecule has 0 saturated heterocycles. The predicted octanol–water partition coefficient (Wildman–Crippen LogP) is 3.46. The van der Waals surface area contributed by atoms with Crippen LogP contribution in [0.3, 0.4) is 0 Å². The second-order valence-electron chi connectivity index (χ2n) is 5.20. The van der Waals surface area contributed by atoms with Crippen molar-refractivity contribution in [2.75, 3.05) is 19.9 Å². The highest BCUT2D eigenvalue weighted by Gasteiger charge is 2.27. The Morgan fingerprint density at radius 1 is 1.29 bits per heavy atom. The Kier molecular flexibility index (Phi) is 6.90. The van der Waals surface area contributed by atoms with Gasteiger partial charge in [-0.25, -0.2) is 0 Å². The van der Waals surface area contributed by atoms with Crippen molar-refractivity contribution in [1.82, 2.24) is 5.32 Å². The highest BCUT2D eigenvalue weighted by atomic mass is 32.2. The molecule has 1 aliphatic carbocycles. The van der Waals surface area contributed by atoms with Crippen LogP contribution in [0.25, 0.3) is 0 Å². The van der Waals surface area contributed by atoms with Crippen molar-refractivity contribution in [3.63, 3.8) is 0 Å². The summed E-state index contributed by atoms with van der Waals surface area (Å²) >= 11 is 2.02. The van der Waals surface area contributed by atoms with Crippen LogP contribution in [0.5, 0.6) is 0 Å². The molecule has 0 heterocycles. The first-order chi connectivity index (χ1) is 8.19. The van der Waals surface area contributed by atoms with Crippen molar-refractivity contribution >= 4 is 11.8 Å². The van der Waals surface area contributed by atoms with Crippen LogP contribution in [0, 0.1) is 0 Å². The van der Waals surface area contributed by atoms with Gasteiger partial charge in [0.2, 0.25) is 0 Å². The van der Waals surface area contributed by atoms with Gasteiger partial charge in [0.1, 0.15) is 0 Å². The third-order valence-corrected chi connectivity index (χ3v) is 5.98. The van der Waals surface area contributed by atoms with Crippen LogP contribution in [0.4, 0.5) is 0 Å². The van der Waals surface area contributed by atoms with Crippen molar-refractivity contribution in [3.8, 4) is 0 Å². The van der Waals surface area contributed by atoms with Crippen molar-refractivity contribution in [1.29, 1.82) is 0 Å². The van der Waals surface area contributed by atoms with Gasteiger partial charge < -0.3 is 10.1 Å². The lowest BCUT2D eigenvalue weighted by Gasteiger charge is -2.35. The number of nitrogens with one attached hydrogen (secondary N) is 1. The van der Waals surface area contributed by atoms with E-state index in [-0.39, 0.29) is 0 Å². The number of thioether (sulfide) groups is 1. The first kappa shape index (κ1) is 15.3. The van der Waals surface area contributed by atoms with Gasteiger partial charge in [0.25, 0.3) is 0 Å². The standard InChI is InChI=1S/C14H29NOS/c1-5-14(6-2,17-4)11-15-12-8-7-9-13(10-12)16-3/h12-13,15H,5-11H2,1-4H3. The molecule has 1 aliphatic rings. The van der Waals surface area contributed by atoms with Gasteiger partial charge in [-0.3, -0.25) is 0 Å². The maximum Gasteiger partial charge on any atom is 0.0586 e. The van der Waals surface area contributed by atoms with Gasteiger partial charge in [-0.1, -0.05) is 13.8 Å². The number of hydrogen-bond donors (Lipinski definition) is 1. The van der Waals surface area contributed by atoms with E-state index in [4.69, 9.17) is 4.74 Å². The molecule has 0 aromatic heterocycles. The number of hydrogen-bond acceptors (Lipinski definition) is 3. The zero-order chi connectivity index (χ0) is 12.7. The second kappa shape index (κ2) is 7.65. The Hall–Kier alpha value is 0.270. The van der Waals surface area contributed by atoms with Gasteiger partial charge in [-0.15, -0.1) is 0 Å². The van der Waals surface area contributed by atoms with Gasteiger partial charge >= 0.3 is 0 Å². The Morgan fingerprint density at radius 2 is 2.00 bits per heavy atom. The average molecular weight is 259 g/mol. The van der Waals surface area contributed by atoms with Crippen molar-refractivity contribution in [2.45, 2.75) is 69.3 Å². The largest absolute Gasteiger partial charge is 0.381 e. The van der Waals surface area contributed by atoms with E-state index in [0.29, 0.717) is 16.9 Å². The third-order valence-electron chi connectivity index (χ3n) is 4.39. The van der Waals surface area contributed by atoms with Crippen LogP contribution in [0.2, 0.25) is 0 Å². The van der Waals surface area contributed by atoms with Crippen LogP contribution < -0.4 is 5.32 Å². The minimum Gasteiger partial charge on any atom is -0.381 e. The Bertz CT molecular complexity index is 198. The highest BCUT2D eigenvalue weighted by molar-refractivity contribution is 8.00. The molecule has 0 amide bonds. The first-order valence-corrected chi connectivity index (χ1v) is 8.23. The molecule has 0 aromatic carbocycles. The Labute approximate surface area is 111 Å². The molecule has 0 radical (unpaired) electrons. The molecule has 2 unspecified atom stereocenters. The van der Waals surface area contributed by atoms with E-state index >= 15 is 0 Å². The van der Waals surface area contributed by atoms with Crippen LogP contribution in [0.15, 0.2) is 0 Å². The molecule has 1 rings (SSSR count). The molecular formula is C14H29NOS. The molecule has 0 aliphatic heterocycles. The summed E-state index contributed by atoms with van der Waals surface area (Å²) in [5, 5.41) is 3.78. The molecule has 17 heavy (non-hydrogen) atoms. The zero-order valence-electron chi connectivity index (χ0n) is 11.9. The lowest BCUT2D eigenvalue weighted by Crippen LogP contribution is -2.44. The van der Waals surface area contributed by atoms with Crippen LogP contribution in [-0.4, -0.2) is 36.8 Å². The normalized spacial score (nSPS) is 26.1. The lowest BCUT2D eigenvalue weighted by molar-refractivity contribution is 0.0584. The maximum atomic E-state index is 5.49. The van der Waals surface area contributed by atoms with Crippen molar-refractivity contribution in [2.24, 2.45) is 0 Å². The Morgan fingerprint density at radius 3 is 2.53 bits per heavy atom. The maximum absolute atomic E-state index is 5.49. The summed E-state index contributed by atoms with van der Waals surface area (Å²) in [5.41, 5.74) is 0. The topological polar surface area (TPSA) is 21.3 Å². The Balaban J connectivity index is 2.38. The fourth-order valence-corrected chi connectivity index (χ4v) is 3.54. The van der Waals surface area contributed by atoms with Crippen LogP contribution >= 0.6 is 11.8 Å². The summed E-state index contributed by atoms with van der Waals surface area (Å²) in [7, 11) is 1.84. The summed E-state index contributed by atoms with van der Waals surface area (Å²) in [5.74, 6) is 0. The molecule has 0 bridgehead atoms. The van der Waals surface area contributed by atoms with E-state index in [9.17, 15) is 0 Å². The van der Waals surface area contributed by atoms with Gasteiger partial charge in [-0.2, -0.15) is 11.8 Å². The minimum atomic E-state index is 0.431. The van der Waals surface area contributed by atoms with Gasteiger partial charge in [0.15, 0.2) is 0 Å². The molecule has 1 saturated carbocycles. The molecule has 3 heteroatoms. The molecule has 0 aromatic rings. The second-order valence-corrected chi connectivity index (χ2v) is 6.47. The lowest BCUT2D eigenvalue weighted by atomic mass is 9.92. The molecular weight excluding hydrogens is 230 g/mol. The smallest absolute Gasteiger partial charge is 0.0586 e. The molecule has 2 atom stereocenters. The first-order valence-electron chi connectivity index (χ1n) is 7.01. The van der Waals surface area contributed by atoms with Gasteiger partial charge in [0, 0.05) is 24.4 Å². The molecule has 1 fully saturated rings. The molecule has 2 nitrogen and oxygen atoms in total. The number of methoxy groups -OCH3 is 1. The van der Waals surface area contributed by atoms with E-state index in [1.54, 1.807) is 0 Å². The monoisotopic (exact) mass is 259 g/mol. The third kappa shape index (κ3) is 4.46. The fraction of sp³-hybridized carbons (Fsp3) is 1.00. The van der Waals surface area contributed by atoms with Crippen molar-refractivity contribution < 1.29 is 4.74 Å². The van der Waals surface area contributed by atoms with E-state index < -0.39 is 0 Å². The summed E-state index contributed by atoms with van der Waals surface area (Å²) in [6.07, 6.45) is 10.3. The molecule has 1 N–H and O–H groups in total. The summed E-state index contributed by atoms with van der Waals surface area (Å²) in [6.45, 7) is 5.75. The summed E-state index contributed by atoms with van der Waals surface area (Å²) in [6, 6.07) is 0.665. The summed E-state index contributed by atoms with van der Waals surface area (Å²) in [4.78, 5) is 0. The molecule has 0 spiro atoms. The van der Waals surface area contributed by atoms with Crippen molar-refractivity contribution in [3.05, 3.63) is 0 Å². The summed E-state index contributed by atoms with van der Waals surface area (Å²) < 4.78 is 5.92. The van der Waals surface area contributed by atoms with Gasteiger partial charge in [0.05, 0.1) is 6.10 Å². The number of rotatable bonds is 7. The van der Waals surface area contributed by atoms with Crippen LogP contribution in [0.1, 0.15) is 52.4 Å².